The predicted octanol–water partition coefficient (Wildman–Crippen LogP) is 2.91. The van der Waals surface area contributed by atoms with Crippen LogP contribution < -0.4 is 10.6 Å². The standard InChI is InChI=1S/C15H20N4OS/c1-4-5-16-13-7-12(6-10(2)19-13)15(20)18-9-14-17-8-11(3)21-14/h6-8H,4-5,9H2,1-3H3,(H,16,19)(H,18,20). The molecular weight excluding hydrogens is 284 g/mol. The largest absolute Gasteiger partial charge is 0.370 e. The molecule has 2 aromatic heterocycles. The van der Waals surface area contributed by atoms with Gasteiger partial charge in [-0.15, -0.1) is 11.3 Å². The number of thiazole rings is 1. The van der Waals surface area contributed by atoms with Crippen LogP contribution >= 0.6 is 11.3 Å². The van der Waals surface area contributed by atoms with Crippen LogP contribution in [-0.2, 0) is 6.54 Å². The molecule has 112 valence electrons. The van der Waals surface area contributed by atoms with E-state index < -0.39 is 0 Å². The predicted molar refractivity (Wildman–Crippen MR) is 85.8 cm³/mol. The van der Waals surface area contributed by atoms with Crippen molar-refractivity contribution in [1.29, 1.82) is 0 Å². The Morgan fingerprint density at radius 3 is 2.81 bits per heavy atom. The van der Waals surface area contributed by atoms with Gasteiger partial charge < -0.3 is 10.6 Å². The molecule has 0 spiro atoms. The quantitative estimate of drug-likeness (QED) is 0.861. The molecule has 0 aliphatic carbocycles. The molecule has 2 N–H and O–H groups in total. The maximum Gasteiger partial charge on any atom is 0.251 e. The number of carbonyl (C=O) groups excluding carboxylic acids is 1. The number of anilines is 1. The maximum atomic E-state index is 12.2. The molecular formula is C15H20N4OS. The Bertz CT molecular complexity index is 624. The zero-order chi connectivity index (χ0) is 15.2. The van der Waals surface area contributed by atoms with Gasteiger partial charge in [-0.25, -0.2) is 9.97 Å². The van der Waals surface area contributed by atoms with Gasteiger partial charge in [0.2, 0.25) is 0 Å². The topological polar surface area (TPSA) is 66.9 Å². The molecule has 5 nitrogen and oxygen atoms in total. The van der Waals surface area contributed by atoms with Crippen molar-refractivity contribution in [3.8, 4) is 0 Å². The summed E-state index contributed by atoms with van der Waals surface area (Å²) in [6.45, 7) is 7.28. The van der Waals surface area contributed by atoms with Gasteiger partial charge in [0.1, 0.15) is 10.8 Å². The normalized spacial score (nSPS) is 10.4. The van der Waals surface area contributed by atoms with Gasteiger partial charge in [0.25, 0.3) is 5.91 Å². The van der Waals surface area contributed by atoms with Crippen molar-refractivity contribution in [3.63, 3.8) is 0 Å². The lowest BCUT2D eigenvalue weighted by atomic mass is 10.2. The molecule has 2 aromatic rings. The van der Waals surface area contributed by atoms with E-state index in [1.165, 1.54) is 0 Å². The van der Waals surface area contributed by atoms with E-state index >= 15 is 0 Å². The van der Waals surface area contributed by atoms with E-state index in [-0.39, 0.29) is 5.91 Å². The molecule has 2 heterocycles. The number of hydrogen-bond donors (Lipinski definition) is 2. The van der Waals surface area contributed by atoms with Crippen molar-refractivity contribution in [2.75, 3.05) is 11.9 Å². The van der Waals surface area contributed by atoms with Gasteiger partial charge in [0.05, 0.1) is 6.54 Å². The van der Waals surface area contributed by atoms with Gasteiger partial charge in [0.15, 0.2) is 0 Å². The Balaban J connectivity index is 2.02. The first kappa shape index (κ1) is 15.4. The first-order valence-electron chi connectivity index (χ1n) is 7.00. The van der Waals surface area contributed by atoms with E-state index in [1.807, 2.05) is 20.0 Å². The summed E-state index contributed by atoms with van der Waals surface area (Å²) >= 11 is 1.59. The van der Waals surface area contributed by atoms with Crippen molar-refractivity contribution < 1.29 is 4.79 Å². The first-order valence-corrected chi connectivity index (χ1v) is 7.82. The average molecular weight is 304 g/mol. The van der Waals surface area contributed by atoms with Gasteiger partial charge in [0, 0.05) is 28.9 Å². The van der Waals surface area contributed by atoms with Gasteiger partial charge >= 0.3 is 0 Å². The number of nitrogens with one attached hydrogen (secondary N) is 2. The fourth-order valence-corrected chi connectivity index (χ4v) is 2.61. The molecule has 21 heavy (non-hydrogen) atoms. The van der Waals surface area contributed by atoms with E-state index in [0.29, 0.717) is 12.1 Å². The lowest BCUT2D eigenvalue weighted by Gasteiger charge is -2.08. The number of aryl methyl sites for hydroxylation is 2. The Hall–Kier alpha value is -1.95. The van der Waals surface area contributed by atoms with Crippen LogP contribution in [-0.4, -0.2) is 22.4 Å². The lowest BCUT2D eigenvalue weighted by Crippen LogP contribution is -2.23. The van der Waals surface area contributed by atoms with E-state index in [9.17, 15) is 4.79 Å². The second kappa shape index (κ2) is 7.17. The van der Waals surface area contributed by atoms with Gasteiger partial charge in [-0.1, -0.05) is 6.92 Å². The Morgan fingerprint density at radius 2 is 2.14 bits per heavy atom. The van der Waals surface area contributed by atoms with Gasteiger partial charge in [-0.3, -0.25) is 4.79 Å². The SMILES string of the molecule is CCCNc1cc(C(=O)NCc2ncc(C)s2)cc(C)n1. The van der Waals surface area contributed by atoms with Crippen LogP contribution in [0.25, 0.3) is 0 Å². The number of rotatable bonds is 6. The molecule has 0 fully saturated rings. The number of pyridine rings is 1. The molecule has 0 aliphatic rings. The highest BCUT2D eigenvalue weighted by Crippen LogP contribution is 2.13. The van der Waals surface area contributed by atoms with E-state index in [4.69, 9.17) is 0 Å². The molecule has 0 bridgehead atoms. The van der Waals surface area contributed by atoms with Crippen molar-refractivity contribution in [2.24, 2.45) is 0 Å². The van der Waals surface area contributed by atoms with Crippen molar-refractivity contribution >= 4 is 23.1 Å². The molecule has 0 unspecified atom stereocenters. The van der Waals surface area contributed by atoms with Crippen molar-refractivity contribution in [3.05, 3.63) is 39.5 Å². The Labute approximate surface area is 128 Å². The number of hydrogen-bond acceptors (Lipinski definition) is 5. The van der Waals surface area contributed by atoms with E-state index in [0.717, 1.165) is 34.4 Å². The monoisotopic (exact) mass is 304 g/mol. The van der Waals surface area contributed by atoms with Crippen LogP contribution in [0.15, 0.2) is 18.3 Å². The van der Waals surface area contributed by atoms with Crippen LogP contribution in [0.4, 0.5) is 5.82 Å². The van der Waals surface area contributed by atoms with Crippen molar-refractivity contribution in [1.82, 2.24) is 15.3 Å². The zero-order valence-electron chi connectivity index (χ0n) is 12.6. The van der Waals surface area contributed by atoms with Gasteiger partial charge in [-0.05, 0) is 32.4 Å². The molecule has 0 radical (unpaired) electrons. The number of amides is 1. The molecule has 0 atom stereocenters. The smallest absolute Gasteiger partial charge is 0.251 e. The first-order chi connectivity index (χ1) is 10.1. The minimum atomic E-state index is -0.104. The fraction of sp³-hybridized carbons (Fsp3) is 0.400. The summed E-state index contributed by atoms with van der Waals surface area (Å²) in [7, 11) is 0. The third-order valence-corrected chi connectivity index (χ3v) is 3.75. The molecule has 0 aliphatic heterocycles. The molecule has 2 rings (SSSR count). The fourth-order valence-electron chi connectivity index (χ4n) is 1.88. The van der Waals surface area contributed by atoms with E-state index in [2.05, 4.69) is 27.5 Å². The van der Waals surface area contributed by atoms with Crippen LogP contribution in [0, 0.1) is 13.8 Å². The Kier molecular flexibility index (Phi) is 5.27. The van der Waals surface area contributed by atoms with Crippen LogP contribution in [0.2, 0.25) is 0 Å². The lowest BCUT2D eigenvalue weighted by molar-refractivity contribution is 0.0950. The summed E-state index contributed by atoms with van der Waals surface area (Å²) in [6, 6.07) is 3.57. The number of carbonyl (C=O) groups is 1. The highest BCUT2D eigenvalue weighted by atomic mass is 32.1. The third-order valence-electron chi connectivity index (χ3n) is 2.84. The molecule has 0 saturated heterocycles. The van der Waals surface area contributed by atoms with Crippen LogP contribution in [0.3, 0.4) is 0 Å². The third kappa shape index (κ3) is 4.53. The molecule has 6 heteroatoms. The zero-order valence-corrected chi connectivity index (χ0v) is 13.4. The average Bonchev–Trinajstić information content (AvgIpc) is 2.87. The summed E-state index contributed by atoms with van der Waals surface area (Å²) in [5.74, 6) is 0.639. The summed E-state index contributed by atoms with van der Waals surface area (Å²) < 4.78 is 0. The molecule has 0 aromatic carbocycles. The van der Waals surface area contributed by atoms with Crippen LogP contribution in [0.5, 0.6) is 0 Å². The Morgan fingerprint density at radius 1 is 1.33 bits per heavy atom. The number of nitrogens with zero attached hydrogens (tertiary/aromatic N) is 2. The summed E-state index contributed by atoms with van der Waals surface area (Å²) in [5, 5.41) is 7.01. The highest BCUT2D eigenvalue weighted by Gasteiger charge is 2.09. The minimum absolute atomic E-state index is 0.104. The van der Waals surface area contributed by atoms with Crippen molar-refractivity contribution in [2.45, 2.75) is 33.7 Å². The van der Waals surface area contributed by atoms with Crippen LogP contribution in [0.1, 0.15) is 39.3 Å². The number of aromatic nitrogens is 2. The molecule has 0 saturated carbocycles. The maximum absolute atomic E-state index is 12.2. The second-order valence-corrected chi connectivity index (χ2v) is 6.18. The van der Waals surface area contributed by atoms with E-state index in [1.54, 1.807) is 23.5 Å². The summed E-state index contributed by atoms with van der Waals surface area (Å²) in [4.78, 5) is 22.0. The summed E-state index contributed by atoms with van der Waals surface area (Å²) in [6.07, 6.45) is 2.83. The second-order valence-electron chi connectivity index (χ2n) is 4.86. The van der Waals surface area contributed by atoms with Gasteiger partial charge in [-0.2, -0.15) is 0 Å². The highest BCUT2D eigenvalue weighted by molar-refractivity contribution is 7.11. The minimum Gasteiger partial charge on any atom is -0.370 e. The molecule has 1 amide bonds. The summed E-state index contributed by atoms with van der Waals surface area (Å²) in [5.41, 5.74) is 1.45.